The van der Waals surface area contributed by atoms with Gasteiger partial charge in [0.15, 0.2) is 6.29 Å². The van der Waals surface area contributed by atoms with Crippen LogP contribution in [-0.2, 0) is 9.47 Å². The zero-order valence-corrected chi connectivity index (χ0v) is 27.6. The van der Waals surface area contributed by atoms with Gasteiger partial charge >= 0.3 is 0 Å². The van der Waals surface area contributed by atoms with E-state index < -0.39 is 37.3 Å². The van der Waals surface area contributed by atoms with Crippen molar-refractivity contribution in [1.29, 1.82) is 0 Å². The van der Waals surface area contributed by atoms with Gasteiger partial charge in [0.1, 0.15) is 24.4 Å². The Morgan fingerprint density at radius 1 is 0.833 bits per heavy atom. The highest BCUT2D eigenvalue weighted by molar-refractivity contribution is 5.33. The summed E-state index contributed by atoms with van der Waals surface area (Å²) < 4.78 is 12.3. The number of aliphatic hydroxyl groups is 4. The van der Waals surface area contributed by atoms with Crippen molar-refractivity contribution in [3.63, 3.8) is 0 Å². The van der Waals surface area contributed by atoms with E-state index >= 15 is 0 Å². The minimum atomic E-state index is -1.41. The summed E-state index contributed by atoms with van der Waals surface area (Å²) in [5, 5.41) is 41.0. The van der Waals surface area contributed by atoms with Gasteiger partial charge in [-0.2, -0.15) is 0 Å². The van der Waals surface area contributed by atoms with E-state index in [4.69, 9.17) is 9.47 Å². The molecule has 6 rings (SSSR count). The predicted octanol–water partition coefficient (Wildman–Crippen LogP) is 5.85. The predicted molar refractivity (Wildman–Crippen MR) is 163 cm³/mol. The monoisotopic (exact) mass is 588 g/mol. The molecule has 240 valence electrons. The van der Waals surface area contributed by atoms with E-state index in [2.05, 4.69) is 61.5 Å². The van der Waals surface area contributed by atoms with Gasteiger partial charge in [0, 0.05) is 0 Å². The molecule has 6 aliphatic rings. The molecule has 0 bridgehead atoms. The van der Waals surface area contributed by atoms with Crippen molar-refractivity contribution in [3.05, 3.63) is 11.6 Å². The first kappa shape index (κ1) is 31.5. The second-order valence-electron chi connectivity index (χ2n) is 17.5. The largest absolute Gasteiger partial charge is 0.394 e. The zero-order valence-electron chi connectivity index (χ0n) is 27.6. The van der Waals surface area contributed by atoms with Gasteiger partial charge in [-0.05, 0) is 114 Å². The molecular weight excluding hydrogens is 528 g/mol. The fraction of sp³-hybridized carbons (Fsp3) is 0.944. The Morgan fingerprint density at radius 3 is 2.24 bits per heavy atom. The molecule has 0 spiro atoms. The number of hydrogen-bond acceptors (Lipinski definition) is 6. The maximum Gasteiger partial charge on any atom is 0.186 e. The molecule has 4 saturated carbocycles. The molecule has 5 aliphatic carbocycles. The third-order valence-electron chi connectivity index (χ3n) is 15.5. The first-order valence-corrected chi connectivity index (χ1v) is 17.2. The van der Waals surface area contributed by atoms with Gasteiger partial charge in [-0.25, -0.2) is 0 Å². The summed E-state index contributed by atoms with van der Waals surface area (Å²) >= 11 is 0. The first-order valence-electron chi connectivity index (χ1n) is 17.2. The normalized spacial score (nSPS) is 57.2. The molecule has 15 atom stereocenters. The Kier molecular flexibility index (Phi) is 7.69. The van der Waals surface area contributed by atoms with E-state index in [1.165, 1.54) is 44.9 Å². The molecule has 0 aromatic rings. The van der Waals surface area contributed by atoms with Gasteiger partial charge in [-0.1, -0.05) is 67.0 Å². The number of rotatable bonds is 3. The molecule has 6 nitrogen and oxygen atoms in total. The average Bonchev–Trinajstić information content (AvgIpc) is 2.93. The van der Waals surface area contributed by atoms with Crippen LogP contribution in [0.4, 0.5) is 0 Å². The van der Waals surface area contributed by atoms with Crippen molar-refractivity contribution in [3.8, 4) is 0 Å². The van der Waals surface area contributed by atoms with Crippen molar-refractivity contribution in [2.24, 2.45) is 56.7 Å². The Hall–Kier alpha value is -0.500. The number of hydrogen-bond donors (Lipinski definition) is 4. The van der Waals surface area contributed by atoms with Crippen molar-refractivity contribution >= 4 is 0 Å². The molecule has 4 N–H and O–H groups in total. The molecule has 0 radical (unpaired) electrons. The highest BCUT2D eigenvalue weighted by atomic mass is 16.7. The van der Waals surface area contributed by atoms with Crippen LogP contribution in [0.3, 0.4) is 0 Å². The zero-order chi connectivity index (χ0) is 30.6. The van der Waals surface area contributed by atoms with Gasteiger partial charge in [0.05, 0.1) is 12.7 Å². The van der Waals surface area contributed by atoms with Gasteiger partial charge < -0.3 is 29.9 Å². The smallest absolute Gasteiger partial charge is 0.186 e. The van der Waals surface area contributed by atoms with Crippen LogP contribution in [0.1, 0.15) is 113 Å². The molecule has 5 fully saturated rings. The standard InChI is InChI=1S/C36H60O6/c1-20-11-14-33(5)17-18-35(7)22(27(33)21(20)2)9-10-25-34(6)15-13-26(32(3,4)24(34)12-16-36(25,35)8)42-31-30(40)29(39)28(38)23(19-37)41-31/h9,20-21,23-31,37-40H,10-19H2,1-8H3. The molecule has 0 aromatic heterocycles. The quantitative estimate of drug-likeness (QED) is 0.244. The fourth-order valence-corrected chi connectivity index (χ4v) is 12.4. The molecule has 15 unspecified atom stereocenters. The summed E-state index contributed by atoms with van der Waals surface area (Å²) in [4.78, 5) is 0. The molecule has 0 amide bonds. The minimum absolute atomic E-state index is 0.147. The van der Waals surface area contributed by atoms with Crippen molar-refractivity contribution in [2.75, 3.05) is 6.61 Å². The van der Waals surface area contributed by atoms with Crippen LogP contribution in [0.25, 0.3) is 0 Å². The second-order valence-corrected chi connectivity index (χ2v) is 17.5. The number of fused-ring (bicyclic) bond motifs is 7. The fourth-order valence-electron chi connectivity index (χ4n) is 12.4. The van der Waals surface area contributed by atoms with E-state index in [0.29, 0.717) is 23.2 Å². The van der Waals surface area contributed by atoms with Crippen LogP contribution >= 0.6 is 0 Å². The van der Waals surface area contributed by atoms with Crippen LogP contribution in [0.15, 0.2) is 11.6 Å². The Balaban J connectivity index is 1.28. The summed E-state index contributed by atoms with van der Waals surface area (Å²) in [5.74, 6) is 3.33. The van der Waals surface area contributed by atoms with E-state index in [1.807, 2.05) is 5.57 Å². The lowest BCUT2D eigenvalue weighted by molar-refractivity contribution is -0.330. The van der Waals surface area contributed by atoms with Gasteiger partial charge in [0.2, 0.25) is 0 Å². The lowest BCUT2D eigenvalue weighted by Gasteiger charge is -2.71. The van der Waals surface area contributed by atoms with Crippen molar-refractivity contribution in [2.45, 2.75) is 150 Å². The van der Waals surface area contributed by atoms with Gasteiger partial charge in [-0.15, -0.1) is 0 Å². The van der Waals surface area contributed by atoms with Crippen molar-refractivity contribution in [1.82, 2.24) is 0 Å². The lowest BCUT2D eigenvalue weighted by atomic mass is 9.33. The Morgan fingerprint density at radius 2 is 1.55 bits per heavy atom. The summed E-state index contributed by atoms with van der Waals surface area (Å²) in [7, 11) is 0. The van der Waals surface area contributed by atoms with Crippen LogP contribution in [-0.4, -0.2) is 63.8 Å². The molecule has 0 aromatic carbocycles. The Bertz CT molecular complexity index is 1070. The Labute approximate surface area is 254 Å². The lowest BCUT2D eigenvalue weighted by Crippen LogP contribution is -2.65. The molecule has 42 heavy (non-hydrogen) atoms. The SMILES string of the molecule is CC1CCC2(C)CCC3(C)C(=CCC4C5(C)CCC(OC6OC(CO)C(O)C(O)C6O)C(C)(C)C5CCC43C)C2C1C. The second kappa shape index (κ2) is 10.3. The van der Waals surface area contributed by atoms with Crippen LogP contribution < -0.4 is 0 Å². The number of aliphatic hydroxyl groups excluding tert-OH is 4. The summed E-state index contributed by atoms with van der Waals surface area (Å²) in [6, 6.07) is 0. The maximum atomic E-state index is 10.7. The number of allylic oxidation sites excluding steroid dienone is 2. The third-order valence-corrected chi connectivity index (χ3v) is 15.5. The molecule has 1 saturated heterocycles. The van der Waals surface area contributed by atoms with E-state index in [9.17, 15) is 20.4 Å². The molecule has 1 aliphatic heterocycles. The van der Waals surface area contributed by atoms with Gasteiger partial charge in [0.25, 0.3) is 0 Å². The summed E-state index contributed by atoms with van der Waals surface area (Å²) in [6.07, 6.45) is 7.37. The average molecular weight is 589 g/mol. The van der Waals surface area contributed by atoms with E-state index in [-0.39, 0.29) is 27.8 Å². The van der Waals surface area contributed by atoms with Crippen LogP contribution in [0, 0.1) is 56.7 Å². The van der Waals surface area contributed by atoms with Crippen LogP contribution in [0.2, 0.25) is 0 Å². The summed E-state index contributed by atoms with van der Waals surface area (Å²) in [5.41, 5.74) is 2.80. The molecule has 1 heterocycles. The number of ether oxygens (including phenoxy) is 2. The van der Waals surface area contributed by atoms with E-state index in [1.54, 1.807) is 0 Å². The minimum Gasteiger partial charge on any atom is -0.394 e. The third kappa shape index (κ3) is 4.17. The van der Waals surface area contributed by atoms with Crippen LogP contribution in [0.5, 0.6) is 0 Å². The highest BCUT2D eigenvalue weighted by Gasteiger charge is 2.68. The first-order chi connectivity index (χ1) is 19.5. The maximum absolute atomic E-state index is 10.7. The van der Waals surface area contributed by atoms with Crippen molar-refractivity contribution < 1.29 is 29.9 Å². The summed E-state index contributed by atoms with van der Waals surface area (Å²) in [6.45, 7) is 19.7. The highest BCUT2D eigenvalue weighted by Crippen LogP contribution is 2.75. The molecule has 6 heteroatoms. The van der Waals surface area contributed by atoms with E-state index in [0.717, 1.165) is 24.7 Å². The van der Waals surface area contributed by atoms with Gasteiger partial charge in [-0.3, -0.25) is 0 Å². The molecular formula is C36H60O6. The topological polar surface area (TPSA) is 99.4 Å².